The normalized spacial score (nSPS) is 10.5. The summed E-state index contributed by atoms with van der Waals surface area (Å²) in [5.74, 6) is -3.60. The average molecular weight is 316 g/mol. The van der Waals surface area contributed by atoms with Gasteiger partial charge in [-0.15, -0.1) is 0 Å². The second-order valence-corrected chi connectivity index (χ2v) is 4.31. The molecule has 8 heteroatoms. The molecular formula is C14H20O8. The highest BCUT2D eigenvalue weighted by atomic mass is 16.5. The van der Waals surface area contributed by atoms with Gasteiger partial charge in [-0.1, -0.05) is 0 Å². The Morgan fingerprint density at radius 2 is 0.955 bits per heavy atom. The summed E-state index contributed by atoms with van der Waals surface area (Å²) < 4.78 is 9.54. The van der Waals surface area contributed by atoms with Crippen LogP contribution in [0.4, 0.5) is 0 Å². The average Bonchev–Trinajstić information content (AvgIpc) is 2.33. The Labute approximate surface area is 128 Å². The van der Waals surface area contributed by atoms with Crippen LogP contribution in [0.25, 0.3) is 0 Å². The minimum atomic E-state index is -1.26. The molecule has 22 heavy (non-hydrogen) atoms. The van der Waals surface area contributed by atoms with Crippen LogP contribution in [-0.2, 0) is 28.7 Å². The highest BCUT2D eigenvalue weighted by Crippen LogP contribution is 1.93. The number of carboxylic acids is 2. The third kappa shape index (κ3) is 19.7. The van der Waals surface area contributed by atoms with Crippen LogP contribution in [0.2, 0.25) is 0 Å². The number of hydrogen-bond acceptors (Lipinski definition) is 6. The Balaban J connectivity index is 0. The molecule has 0 aliphatic heterocycles. The summed E-state index contributed by atoms with van der Waals surface area (Å²) in [6, 6.07) is 0. The second-order valence-electron chi connectivity index (χ2n) is 4.31. The lowest BCUT2D eigenvalue weighted by molar-refractivity contribution is -0.144. The van der Waals surface area contributed by atoms with Gasteiger partial charge in [0.15, 0.2) is 0 Å². The van der Waals surface area contributed by atoms with E-state index in [1.54, 1.807) is 27.7 Å². The van der Waals surface area contributed by atoms with E-state index >= 15 is 0 Å². The van der Waals surface area contributed by atoms with Gasteiger partial charge >= 0.3 is 23.9 Å². The number of carboxylic acid groups (broad SMARTS) is 2. The lowest BCUT2D eigenvalue weighted by Crippen LogP contribution is -2.11. The van der Waals surface area contributed by atoms with E-state index in [0.717, 1.165) is 12.2 Å². The first kappa shape index (κ1) is 21.7. The van der Waals surface area contributed by atoms with Crippen molar-refractivity contribution in [1.82, 2.24) is 0 Å². The van der Waals surface area contributed by atoms with E-state index < -0.39 is 23.9 Å². The van der Waals surface area contributed by atoms with Crippen LogP contribution in [0.1, 0.15) is 27.7 Å². The van der Waals surface area contributed by atoms with Gasteiger partial charge in [0, 0.05) is 24.3 Å². The Bertz CT molecular complexity index is 406. The summed E-state index contributed by atoms with van der Waals surface area (Å²) in [6.45, 7) is 6.94. The van der Waals surface area contributed by atoms with E-state index in [0.29, 0.717) is 12.2 Å². The minimum Gasteiger partial charge on any atom is -0.478 e. The molecule has 0 rings (SSSR count). The lowest BCUT2D eigenvalue weighted by atomic mass is 10.4. The van der Waals surface area contributed by atoms with Gasteiger partial charge in [-0.05, 0) is 27.7 Å². The highest BCUT2D eigenvalue weighted by molar-refractivity contribution is 5.91. The fourth-order valence-electron chi connectivity index (χ4n) is 0.822. The maximum atomic E-state index is 10.9. The minimum absolute atomic E-state index is 0.187. The standard InChI is InChI=1S/C10H16O4.C4H4O4/c1-7(2)13-9(11)5-6-10(12)14-8(3)4;5-3(6)1-2-4(7)8/h5-8H,1-4H3;1-2H,(H,5,6)(H,7,8). The van der Waals surface area contributed by atoms with Crippen LogP contribution >= 0.6 is 0 Å². The molecule has 0 radical (unpaired) electrons. The summed E-state index contributed by atoms with van der Waals surface area (Å²) in [5, 5.41) is 15.6. The zero-order chi connectivity index (χ0) is 17.7. The first-order valence-electron chi connectivity index (χ1n) is 6.27. The van der Waals surface area contributed by atoms with Gasteiger partial charge in [0.05, 0.1) is 12.2 Å². The van der Waals surface area contributed by atoms with Crippen molar-refractivity contribution in [3.8, 4) is 0 Å². The zero-order valence-corrected chi connectivity index (χ0v) is 12.8. The summed E-state index contributed by atoms with van der Waals surface area (Å²) in [7, 11) is 0. The second kappa shape index (κ2) is 12.1. The smallest absolute Gasteiger partial charge is 0.331 e. The molecule has 0 atom stereocenters. The van der Waals surface area contributed by atoms with Crippen molar-refractivity contribution in [2.24, 2.45) is 0 Å². The fourth-order valence-corrected chi connectivity index (χ4v) is 0.822. The number of rotatable bonds is 6. The number of aliphatic carboxylic acids is 2. The van der Waals surface area contributed by atoms with Gasteiger partial charge in [-0.2, -0.15) is 0 Å². The monoisotopic (exact) mass is 316 g/mol. The summed E-state index contributed by atoms with van der Waals surface area (Å²) >= 11 is 0. The Hall–Kier alpha value is -2.64. The maximum Gasteiger partial charge on any atom is 0.331 e. The molecule has 0 fully saturated rings. The Morgan fingerprint density at radius 1 is 0.682 bits per heavy atom. The lowest BCUT2D eigenvalue weighted by Gasteiger charge is -2.05. The number of carbonyl (C=O) groups is 4. The summed E-state index contributed by atoms with van der Waals surface area (Å²) in [6.07, 6.45) is 2.86. The molecule has 2 N–H and O–H groups in total. The number of carbonyl (C=O) groups excluding carboxylic acids is 2. The number of ether oxygens (including phenoxy) is 2. The molecule has 0 spiro atoms. The van der Waals surface area contributed by atoms with E-state index in [1.807, 2.05) is 0 Å². The van der Waals surface area contributed by atoms with Crippen molar-refractivity contribution >= 4 is 23.9 Å². The summed E-state index contributed by atoms with van der Waals surface area (Å²) in [5.41, 5.74) is 0. The van der Waals surface area contributed by atoms with Gasteiger partial charge < -0.3 is 19.7 Å². The van der Waals surface area contributed by atoms with Crippen molar-refractivity contribution in [2.75, 3.05) is 0 Å². The van der Waals surface area contributed by atoms with Crippen LogP contribution in [0.5, 0.6) is 0 Å². The van der Waals surface area contributed by atoms with Crippen LogP contribution in [-0.4, -0.2) is 46.3 Å². The van der Waals surface area contributed by atoms with E-state index in [9.17, 15) is 19.2 Å². The molecule has 0 aromatic heterocycles. The Kier molecular flexibility index (Phi) is 11.9. The largest absolute Gasteiger partial charge is 0.478 e. The molecule has 0 heterocycles. The predicted molar refractivity (Wildman–Crippen MR) is 76.0 cm³/mol. The van der Waals surface area contributed by atoms with Gasteiger partial charge in [0.1, 0.15) is 0 Å². The number of hydrogen-bond donors (Lipinski definition) is 2. The van der Waals surface area contributed by atoms with E-state index in [2.05, 4.69) is 0 Å². The van der Waals surface area contributed by atoms with Crippen LogP contribution in [0.15, 0.2) is 24.3 Å². The molecule has 0 amide bonds. The van der Waals surface area contributed by atoms with E-state index in [4.69, 9.17) is 19.7 Å². The SMILES string of the molecule is CC(C)OC(=O)C=CC(=O)OC(C)C.O=C(O)C=CC(=O)O. The molecule has 0 bridgehead atoms. The van der Waals surface area contributed by atoms with Gasteiger partial charge in [-0.25, -0.2) is 19.2 Å². The summed E-state index contributed by atoms with van der Waals surface area (Å²) in [4.78, 5) is 41.0. The van der Waals surface area contributed by atoms with Crippen molar-refractivity contribution in [1.29, 1.82) is 0 Å². The van der Waals surface area contributed by atoms with Crippen LogP contribution in [0.3, 0.4) is 0 Å². The molecular weight excluding hydrogens is 296 g/mol. The quantitative estimate of drug-likeness (QED) is 0.552. The van der Waals surface area contributed by atoms with Crippen molar-refractivity contribution in [3.05, 3.63) is 24.3 Å². The molecule has 0 unspecified atom stereocenters. The van der Waals surface area contributed by atoms with E-state index in [1.165, 1.54) is 0 Å². The van der Waals surface area contributed by atoms with E-state index in [-0.39, 0.29) is 12.2 Å². The third-order valence-electron chi connectivity index (χ3n) is 1.43. The topological polar surface area (TPSA) is 127 Å². The highest BCUT2D eigenvalue weighted by Gasteiger charge is 2.03. The molecule has 0 saturated heterocycles. The van der Waals surface area contributed by atoms with Gasteiger partial charge in [0.25, 0.3) is 0 Å². The maximum absolute atomic E-state index is 10.9. The zero-order valence-electron chi connectivity index (χ0n) is 12.8. The van der Waals surface area contributed by atoms with Crippen molar-refractivity contribution < 1.29 is 38.9 Å². The molecule has 8 nitrogen and oxygen atoms in total. The predicted octanol–water partition coefficient (Wildman–Crippen LogP) is 1.16. The van der Waals surface area contributed by atoms with Gasteiger partial charge in [-0.3, -0.25) is 0 Å². The molecule has 124 valence electrons. The molecule has 0 saturated carbocycles. The van der Waals surface area contributed by atoms with Crippen molar-refractivity contribution in [2.45, 2.75) is 39.9 Å². The number of esters is 2. The van der Waals surface area contributed by atoms with Crippen LogP contribution < -0.4 is 0 Å². The first-order valence-corrected chi connectivity index (χ1v) is 6.27. The van der Waals surface area contributed by atoms with Gasteiger partial charge in [0.2, 0.25) is 0 Å². The molecule has 0 aromatic rings. The molecule has 0 aliphatic carbocycles. The fraction of sp³-hybridized carbons (Fsp3) is 0.429. The molecule has 0 aliphatic rings. The van der Waals surface area contributed by atoms with Crippen LogP contribution in [0, 0.1) is 0 Å². The molecule has 0 aromatic carbocycles. The first-order chi connectivity index (χ1) is 10.0. The third-order valence-corrected chi connectivity index (χ3v) is 1.43. The Morgan fingerprint density at radius 3 is 1.14 bits per heavy atom. The van der Waals surface area contributed by atoms with Crippen molar-refractivity contribution in [3.63, 3.8) is 0 Å².